The van der Waals surface area contributed by atoms with Gasteiger partial charge in [-0.05, 0) is 54.6 Å². The molecule has 0 aliphatic carbocycles. The second kappa shape index (κ2) is 19.3. The zero-order valence-electron chi connectivity index (χ0n) is 33.0. The standard InChI is InChI=1S/C36H49N5O6S8Si2/c1-20(2)56(21(3)4,43-14-24-17-52-34(54-24)32-48-9-10-49-32)45-16-27-26(13-28(46-27)41-19-38-29-30(41)39-36(37)40-31(29)42)47-57(22(5)6,23(7)8)44-15-25-18-53-35(55-25)33-50-11-12-51-33/h9-12,17-23,26-28H,13-16H2,1-8H3,(H3,37,39,40,42)/t26-,27+,28+/m0/s1. The van der Waals surface area contributed by atoms with Crippen LogP contribution >= 0.6 is 94.1 Å². The summed E-state index contributed by atoms with van der Waals surface area (Å²) in [5.74, 6) is 0.0216. The molecule has 0 amide bonds. The molecule has 1 saturated heterocycles. The number of nitrogens with two attached hydrogens (primary N) is 1. The normalized spacial score (nSPS) is 23.1. The summed E-state index contributed by atoms with van der Waals surface area (Å²) in [4.78, 5) is 26.6. The molecular weight excluding hydrogens is 911 g/mol. The van der Waals surface area contributed by atoms with Crippen LogP contribution in [0.2, 0.25) is 22.2 Å². The van der Waals surface area contributed by atoms with Crippen molar-refractivity contribution in [2.75, 3.05) is 25.6 Å². The maximum atomic E-state index is 12.8. The van der Waals surface area contributed by atoms with Gasteiger partial charge in [0.05, 0.1) is 49.2 Å². The molecule has 2 aromatic heterocycles. The molecule has 0 unspecified atom stereocenters. The van der Waals surface area contributed by atoms with Crippen LogP contribution in [0, 0.1) is 0 Å². The van der Waals surface area contributed by atoms with Crippen LogP contribution in [0.15, 0.2) is 70.3 Å². The Labute approximate surface area is 371 Å². The highest BCUT2D eigenvalue weighted by atomic mass is 32.2. The summed E-state index contributed by atoms with van der Waals surface area (Å²) in [7, 11) is -5.78. The molecule has 0 spiro atoms. The summed E-state index contributed by atoms with van der Waals surface area (Å²) < 4.78 is 42.6. The highest BCUT2D eigenvalue weighted by molar-refractivity contribution is 8.34. The predicted molar refractivity (Wildman–Crippen MR) is 255 cm³/mol. The summed E-state index contributed by atoms with van der Waals surface area (Å²) in [6.07, 6.45) is 0.724. The minimum Gasteiger partial charge on any atom is -0.391 e. The monoisotopic (exact) mass is 959 g/mol. The molecule has 1 fully saturated rings. The van der Waals surface area contributed by atoms with E-state index in [1.165, 1.54) is 26.8 Å². The summed E-state index contributed by atoms with van der Waals surface area (Å²) in [6, 6.07) is 0. The zero-order valence-corrected chi connectivity index (χ0v) is 41.6. The van der Waals surface area contributed by atoms with E-state index in [0.29, 0.717) is 25.3 Å². The lowest BCUT2D eigenvalue weighted by molar-refractivity contribution is -0.0480. The summed E-state index contributed by atoms with van der Waals surface area (Å²) in [5.41, 5.74) is 6.81. The fourth-order valence-corrected chi connectivity index (χ4v) is 23.5. The number of aromatic amines is 1. The SMILES string of the molecule is CC(C)[Si](OCC1=CSC(=C2SC=CS2)S1)(OC[C@H]1O[C@@H](n2cnc3c(=O)[nH]c(N)nc32)C[C@@H]1O[Si](OCC1=CSC(=C2SC=CS2)S1)(C(C)C)C(C)C)C(C)C. The van der Waals surface area contributed by atoms with Crippen molar-refractivity contribution in [3.63, 3.8) is 0 Å². The second-order valence-corrected chi connectivity index (χ2v) is 32.4. The molecule has 11 nitrogen and oxygen atoms in total. The van der Waals surface area contributed by atoms with Crippen LogP contribution in [-0.2, 0) is 22.4 Å². The number of hydrogen-bond acceptors (Lipinski definition) is 17. The summed E-state index contributed by atoms with van der Waals surface area (Å²) >= 11 is 14.2. The van der Waals surface area contributed by atoms with E-state index in [0.717, 1.165) is 0 Å². The number of nitrogens with zero attached hydrogens (tertiary/aromatic N) is 3. The first kappa shape index (κ1) is 44.7. The van der Waals surface area contributed by atoms with Gasteiger partial charge in [-0.25, -0.2) is 4.98 Å². The first-order valence-electron chi connectivity index (χ1n) is 18.8. The van der Waals surface area contributed by atoms with Crippen LogP contribution in [0.4, 0.5) is 5.95 Å². The fraction of sp³-hybridized carbons (Fsp3) is 0.528. The van der Waals surface area contributed by atoms with Crippen LogP contribution in [0.5, 0.6) is 0 Å². The van der Waals surface area contributed by atoms with Crippen molar-refractivity contribution in [1.29, 1.82) is 0 Å². The minimum atomic E-state index is -2.93. The van der Waals surface area contributed by atoms with Gasteiger partial charge in [0.2, 0.25) is 5.95 Å². The third-order valence-corrected chi connectivity index (χ3v) is 29.0. The Hall–Kier alpha value is -0.376. The average molecular weight is 961 g/mol. The van der Waals surface area contributed by atoms with Crippen molar-refractivity contribution in [3.8, 4) is 0 Å². The van der Waals surface area contributed by atoms with Gasteiger partial charge in [0.15, 0.2) is 11.2 Å². The molecule has 21 heteroatoms. The molecule has 3 atom stereocenters. The maximum Gasteiger partial charge on any atom is 0.344 e. The van der Waals surface area contributed by atoms with Crippen molar-refractivity contribution in [2.45, 2.75) is 102 Å². The molecule has 0 saturated carbocycles. The molecule has 310 valence electrons. The van der Waals surface area contributed by atoms with E-state index < -0.39 is 35.0 Å². The molecular formula is C36H49N5O6S8Si2. The molecule has 5 aliphatic rings. The van der Waals surface area contributed by atoms with E-state index in [-0.39, 0.29) is 46.3 Å². The average Bonchev–Trinajstić information content (AvgIpc) is 4.01. The van der Waals surface area contributed by atoms with Crippen molar-refractivity contribution in [3.05, 3.63) is 75.9 Å². The van der Waals surface area contributed by atoms with Gasteiger partial charge in [-0.3, -0.25) is 14.3 Å². The lowest BCUT2D eigenvalue weighted by Gasteiger charge is -2.41. The number of anilines is 1. The summed E-state index contributed by atoms with van der Waals surface area (Å²) in [5, 5.41) is 13.0. The molecule has 0 bridgehead atoms. The Balaban J connectivity index is 1.13. The third kappa shape index (κ3) is 9.82. The predicted octanol–water partition coefficient (Wildman–Crippen LogP) is 11.7. The van der Waals surface area contributed by atoms with Crippen LogP contribution in [0.25, 0.3) is 11.2 Å². The van der Waals surface area contributed by atoms with Gasteiger partial charge in [-0.15, -0.1) is 0 Å². The molecule has 0 aromatic carbocycles. The van der Waals surface area contributed by atoms with Gasteiger partial charge in [-0.1, -0.05) is 149 Å². The molecule has 7 heterocycles. The van der Waals surface area contributed by atoms with E-state index in [2.05, 4.69) is 103 Å². The molecule has 2 aromatic rings. The quantitative estimate of drug-likeness (QED) is 0.154. The van der Waals surface area contributed by atoms with Crippen LogP contribution in [-0.4, -0.2) is 68.7 Å². The molecule has 7 rings (SSSR count). The second-order valence-electron chi connectivity index (χ2n) is 15.0. The first-order chi connectivity index (χ1) is 27.3. The van der Waals surface area contributed by atoms with E-state index in [9.17, 15) is 4.79 Å². The minimum absolute atomic E-state index is 0.0216. The van der Waals surface area contributed by atoms with Gasteiger partial charge in [-0.2, -0.15) is 4.98 Å². The number of nitrogen functional groups attached to an aromatic ring is 1. The largest absolute Gasteiger partial charge is 0.391 e. The molecule has 0 radical (unpaired) electrons. The number of H-pyrrole nitrogens is 1. The number of aromatic nitrogens is 4. The Kier molecular flexibility index (Phi) is 15.2. The molecule has 57 heavy (non-hydrogen) atoms. The number of nitrogens with one attached hydrogen (secondary N) is 1. The third-order valence-electron chi connectivity index (χ3n) is 10.0. The van der Waals surface area contributed by atoms with Crippen LogP contribution in [0.1, 0.15) is 68.0 Å². The highest BCUT2D eigenvalue weighted by Crippen LogP contribution is 2.55. The Bertz CT molecular complexity index is 2030. The number of thioether (sulfide) groups is 8. The number of imidazole rings is 1. The number of rotatable bonds is 16. The van der Waals surface area contributed by atoms with Gasteiger partial charge in [0.25, 0.3) is 5.56 Å². The Morgan fingerprint density at radius 3 is 1.84 bits per heavy atom. The number of ether oxygens (including phenoxy) is 1. The molecule has 3 N–H and O–H groups in total. The fourth-order valence-electron chi connectivity index (χ4n) is 7.28. The summed E-state index contributed by atoms with van der Waals surface area (Å²) in [6.45, 7) is 18.9. The van der Waals surface area contributed by atoms with Gasteiger partial charge in [0.1, 0.15) is 12.3 Å². The van der Waals surface area contributed by atoms with Crippen LogP contribution in [0.3, 0.4) is 0 Å². The lowest BCUT2D eigenvalue weighted by atomic mass is 10.2. The Morgan fingerprint density at radius 1 is 0.789 bits per heavy atom. The number of fused-ring (bicyclic) bond motifs is 1. The lowest BCUT2D eigenvalue weighted by Crippen LogP contribution is -2.54. The maximum absolute atomic E-state index is 12.8. The van der Waals surface area contributed by atoms with Gasteiger partial charge >= 0.3 is 17.1 Å². The van der Waals surface area contributed by atoms with Gasteiger partial charge in [0, 0.05) is 16.2 Å². The molecule has 5 aliphatic heterocycles. The van der Waals surface area contributed by atoms with Crippen LogP contribution < -0.4 is 11.3 Å². The van der Waals surface area contributed by atoms with Gasteiger partial charge < -0.3 is 28.2 Å². The zero-order chi connectivity index (χ0) is 40.5. The van der Waals surface area contributed by atoms with Crippen molar-refractivity contribution in [1.82, 2.24) is 19.5 Å². The van der Waals surface area contributed by atoms with Crippen molar-refractivity contribution < 1.29 is 22.4 Å². The number of hydrogen-bond donors (Lipinski definition) is 2. The Morgan fingerprint density at radius 2 is 1.32 bits per heavy atom. The van der Waals surface area contributed by atoms with E-state index >= 15 is 0 Å². The highest BCUT2D eigenvalue weighted by Gasteiger charge is 2.52. The smallest absolute Gasteiger partial charge is 0.344 e. The van der Waals surface area contributed by atoms with Crippen molar-refractivity contribution >= 4 is 128 Å². The van der Waals surface area contributed by atoms with E-state index in [4.69, 9.17) is 28.2 Å². The van der Waals surface area contributed by atoms with E-state index in [1.54, 1.807) is 105 Å². The first-order valence-corrected chi connectivity index (χ1v) is 29.6. The van der Waals surface area contributed by atoms with Crippen molar-refractivity contribution in [2.24, 2.45) is 0 Å². The van der Waals surface area contributed by atoms with E-state index in [1.807, 2.05) is 0 Å². The topological polar surface area (TPSA) is 136 Å².